The number of carbonyl (C=O) groups is 1. The average Bonchev–Trinajstić information content (AvgIpc) is 2.75. The van der Waals surface area contributed by atoms with Crippen molar-refractivity contribution < 1.29 is 14.6 Å². The summed E-state index contributed by atoms with van der Waals surface area (Å²) in [6, 6.07) is 3.83. The van der Waals surface area contributed by atoms with Gasteiger partial charge >= 0.3 is 5.97 Å². The van der Waals surface area contributed by atoms with Crippen molar-refractivity contribution in [2.45, 2.75) is 51.5 Å². The van der Waals surface area contributed by atoms with Crippen LogP contribution in [0.15, 0.2) is 12.1 Å². The number of ether oxygens (including phenoxy) is 1. The molecule has 1 aliphatic rings. The minimum atomic E-state index is -0.129. The third kappa shape index (κ3) is 3.73. The summed E-state index contributed by atoms with van der Waals surface area (Å²) in [4.78, 5) is 11.3. The van der Waals surface area contributed by atoms with E-state index in [1.54, 1.807) is 0 Å². The van der Waals surface area contributed by atoms with Crippen LogP contribution in [0.5, 0.6) is 5.75 Å². The summed E-state index contributed by atoms with van der Waals surface area (Å²) in [6.07, 6.45) is 4.82. The third-order valence-electron chi connectivity index (χ3n) is 3.75. The van der Waals surface area contributed by atoms with Gasteiger partial charge in [-0.3, -0.25) is 4.79 Å². The van der Waals surface area contributed by atoms with Crippen LogP contribution < -0.4 is 5.73 Å². The maximum absolute atomic E-state index is 11.3. The van der Waals surface area contributed by atoms with E-state index in [9.17, 15) is 9.90 Å². The lowest BCUT2D eigenvalue weighted by Gasteiger charge is -2.09. The van der Waals surface area contributed by atoms with Gasteiger partial charge in [-0.2, -0.15) is 0 Å². The van der Waals surface area contributed by atoms with Crippen LogP contribution in [0, 0.1) is 0 Å². The smallest absolute Gasteiger partial charge is 0.305 e. The number of carbonyl (C=O) groups excluding carboxylic acids is 1. The molecule has 0 saturated carbocycles. The van der Waals surface area contributed by atoms with Gasteiger partial charge in [-0.15, -0.1) is 0 Å². The van der Waals surface area contributed by atoms with Crippen LogP contribution in [0.3, 0.4) is 0 Å². The number of phenols is 1. The monoisotopic (exact) mass is 277 g/mol. The van der Waals surface area contributed by atoms with Crippen LogP contribution in [-0.2, 0) is 28.8 Å². The van der Waals surface area contributed by atoms with Crippen LogP contribution in [0.1, 0.15) is 42.9 Å². The summed E-state index contributed by atoms with van der Waals surface area (Å²) in [6.45, 7) is 2.26. The first-order valence-electron chi connectivity index (χ1n) is 7.35. The van der Waals surface area contributed by atoms with Gasteiger partial charge in [0.1, 0.15) is 5.75 Å². The molecule has 0 fully saturated rings. The Morgan fingerprint density at radius 1 is 1.40 bits per heavy atom. The highest BCUT2D eigenvalue weighted by Crippen LogP contribution is 2.30. The molecule has 110 valence electrons. The second-order valence-corrected chi connectivity index (χ2v) is 5.42. The molecule has 0 radical (unpaired) electrons. The molecule has 0 aromatic heterocycles. The minimum absolute atomic E-state index is 0.129. The molecule has 0 saturated heterocycles. The fourth-order valence-electron chi connectivity index (χ4n) is 2.88. The van der Waals surface area contributed by atoms with E-state index in [0.717, 1.165) is 32.1 Å². The van der Waals surface area contributed by atoms with Crippen LogP contribution in [0.2, 0.25) is 0 Å². The zero-order chi connectivity index (χ0) is 14.5. The molecule has 0 amide bonds. The Balaban J connectivity index is 1.89. The van der Waals surface area contributed by atoms with Crippen LogP contribution in [0.25, 0.3) is 0 Å². The second kappa shape index (κ2) is 6.75. The van der Waals surface area contributed by atoms with E-state index in [2.05, 4.69) is 0 Å². The molecule has 1 unspecified atom stereocenters. The van der Waals surface area contributed by atoms with Gasteiger partial charge in [0, 0.05) is 12.5 Å². The van der Waals surface area contributed by atoms with Gasteiger partial charge in [0.2, 0.25) is 0 Å². The molecular formula is C16H23NO3. The summed E-state index contributed by atoms with van der Waals surface area (Å²) in [7, 11) is 0. The quantitative estimate of drug-likeness (QED) is 0.617. The average molecular weight is 277 g/mol. The first-order chi connectivity index (χ1) is 9.60. The van der Waals surface area contributed by atoms with E-state index in [4.69, 9.17) is 10.5 Å². The Kier molecular flexibility index (Phi) is 5.01. The first-order valence-corrected chi connectivity index (χ1v) is 7.35. The number of hydrogen-bond acceptors (Lipinski definition) is 4. The maximum Gasteiger partial charge on any atom is 0.305 e. The SMILES string of the molecule is CCOC(=O)CCCCc1cc(O)cc2c1CC(N)C2. The molecule has 4 nitrogen and oxygen atoms in total. The predicted octanol–water partition coefficient (Wildman–Crippen LogP) is 2.09. The molecule has 0 heterocycles. The van der Waals surface area contributed by atoms with Gasteiger partial charge < -0.3 is 15.6 Å². The van der Waals surface area contributed by atoms with Crippen molar-refractivity contribution in [2.75, 3.05) is 6.61 Å². The lowest BCUT2D eigenvalue weighted by atomic mass is 9.98. The lowest BCUT2D eigenvalue weighted by molar-refractivity contribution is -0.143. The Hall–Kier alpha value is -1.55. The van der Waals surface area contributed by atoms with Crippen molar-refractivity contribution in [3.63, 3.8) is 0 Å². The van der Waals surface area contributed by atoms with E-state index in [0.29, 0.717) is 18.8 Å². The van der Waals surface area contributed by atoms with Gasteiger partial charge in [0.25, 0.3) is 0 Å². The number of benzene rings is 1. The highest BCUT2D eigenvalue weighted by molar-refractivity contribution is 5.69. The largest absolute Gasteiger partial charge is 0.508 e. The molecule has 1 atom stereocenters. The fourth-order valence-corrected chi connectivity index (χ4v) is 2.88. The normalized spacial score (nSPS) is 17.0. The Bertz CT molecular complexity index is 485. The van der Waals surface area contributed by atoms with E-state index in [-0.39, 0.29) is 12.0 Å². The number of aromatic hydroxyl groups is 1. The van der Waals surface area contributed by atoms with Crippen molar-refractivity contribution in [3.05, 3.63) is 28.8 Å². The van der Waals surface area contributed by atoms with E-state index in [1.807, 2.05) is 19.1 Å². The summed E-state index contributed by atoms with van der Waals surface area (Å²) in [5.74, 6) is 0.189. The number of fused-ring (bicyclic) bond motifs is 1. The van der Waals surface area contributed by atoms with E-state index in [1.165, 1.54) is 16.7 Å². The zero-order valence-corrected chi connectivity index (χ0v) is 12.0. The summed E-state index contributed by atoms with van der Waals surface area (Å²) in [5, 5.41) is 9.76. The number of unbranched alkanes of at least 4 members (excludes halogenated alkanes) is 1. The molecule has 1 aliphatic carbocycles. The van der Waals surface area contributed by atoms with Crippen LogP contribution >= 0.6 is 0 Å². The standard InChI is InChI=1S/C16H23NO3/c1-2-20-16(19)6-4-3-5-11-8-14(18)9-12-7-13(17)10-15(11)12/h8-9,13,18H,2-7,10,17H2,1H3. The molecule has 0 bridgehead atoms. The fraction of sp³-hybridized carbons (Fsp3) is 0.562. The molecule has 2 rings (SSSR count). The molecule has 0 aliphatic heterocycles. The number of rotatable bonds is 6. The molecule has 4 heteroatoms. The lowest BCUT2D eigenvalue weighted by Crippen LogP contribution is -2.19. The first kappa shape index (κ1) is 14.9. The third-order valence-corrected chi connectivity index (χ3v) is 3.75. The Morgan fingerprint density at radius 3 is 2.95 bits per heavy atom. The van der Waals surface area contributed by atoms with Crippen LogP contribution in [0.4, 0.5) is 0 Å². The highest BCUT2D eigenvalue weighted by Gasteiger charge is 2.21. The van der Waals surface area contributed by atoms with Crippen LogP contribution in [-0.4, -0.2) is 23.7 Å². The van der Waals surface area contributed by atoms with Gasteiger partial charge in [0.15, 0.2) is 0 Å². The van der Waals surface area contributed by atoms with Crippen molar-refractivity contribution in [1.82, 2.24) is 0 Å². The number of hydrogen-bond donors (Lipinski definition) is 2. The second-order valence-electron chi connectivity index (χ2n) is 5.42. The molecule has 20 heavy (non-hydrogen) atoms. The number of aryl methyl sites for hydroxylation is 1. The topological polar surface area (TPSA) is 72.5 Å². The number of esters is 1. The maximum atomic E-state index is 11.3. The van der Waals surface area contributed by atoms with Gasteiger partial charge in [-0.1, -0.05) is 0 Å². The van der Waals surface area contributed by atoms with E-state index < -0.39 is 0 Å². The van der Waals surface area contributed by atoms with Crippen molar-refractivity contribution >= 4 is 5.97 Å². The van der Waals surface area contributed by atoms with Crippen molar-refractivity contribution in [3.8, 4) is 5.75 Å². The molecule has 0 spiro atoms. The summed E-state index contributed by atoms with van der Waals surface area (Å²) < 4.78 is 4.91. The molecule has 3 N–H and O–H groups in total. The minimum Gasteiger partial charge on any atom is -0.508 e. The summed E-state index contributed by atoms with van der Waals surface area (Å²) in [5.41, 5.74) is 9.64. The Labute approximate surface area is 119 Å². The van der Waals surface area contributed by atoms with E-state index >= 15 is 0 Å². The van der Waals surface area contributed by atoms with Gasteiger partial charge in [-0.05, 0) is 67.9 Å². The number of phenolic OH excluding ortho intramolecular Hbond substituents is 1. The van der Waals surface area contributed by atoms with Gasteiger partial charge in [-0.25, -0.2) is 0 Å². The Morgan fingerprint density at radius 2 is 2.20 bits per heavy atom. The number of nitrogens with two attached hydrogens (primary N) is 1. The molecular weight excluding hydrogens is 254 g/mol. The van der Waals surface area contributed by atoms with Crippen molar-refractivity contribution in [2.24, 2.45) is 5.73 Å². The summed E-state index contributed by atoms with van der Waals surface area (Å²) >= 11 is 0. The zero-order valence-electron chi connectivity index (χ0n) is 12.0. The predicted molar refractivity (Wildman–Crippen MR) is 77.7 cm³/mol. The van der Waals surface area contributed by atoms with Crippen molar-refractivity contribution in [1.29, 1.82) is 0 Å². The molecule has 1 aromatic rings. The highest BCUT2D eigenvalue weighted by atomic mass is 16.5. The van der Waals surface area contributed by atoms with Gasteiger partial charge in [0.05, 0.1) is 6.61 Å². The molecule has 1 aromatic carbocycles.